The molecule has 0 bridgehead atoms. The third-order valence-corrected chi connectivity index (χ3v) is 7.65. The van der Waals surface area contributed by atoms with Gasteiger partial charge in [0.2, 0.25) is 11.8 Å². The summed E-state index contributed by atoms with van der Waals surface area (Å²) in [6.45, 7) is 4.84. The Hall–Kier alpha value is -3.23. The van der Waals surface area contributed by atoms with E-state index in [1.54, 1.807) is 12.3 Å². The number of imide groups is 2. The van der Waals surface area contributed by atoms with Crippen molar-refractivity contribution in [2.24, 2.45) is 5.41 Å². The summed E-state index contributed by atoms with van der Waals surface area (Å²) in [5.74, 6) is -0.494. The number of pyridine rings is 1. The van der Waals surface area contributed by atoms with E-state index in [1.165, 1.54) is 9.30 Å². The molecule has 2 aromatic heterocycles. The van der Waals surface area contributed by atoms with Gasteiger partial charge in [0.1, 0.15) is 11.5 Å². The molecule has 0 aliphatic carbocycles. The topological polar surface area (TPSA) is 104 Å². The minimum Gasteiger partial charge on any atom is -0.352 e. The average Bonchev–Trinajstić information content (AvgIpc) is 3.08. The SMILES string of the molecule is CCCCCN1C(=O)NC(=O)C2(Cc3c(nc4c(C)cccn4c3=O)N3CCCCCC32)C1=O. The molecule has 0 saturated carbocycles. The number of unbranched alkanes of at least 4 members (excludes halogenated alkanes) is 2. The van der Waals surface area contributed by atoms with Crippen molar-refractivity contribution in [1.82, 2.24) is 19.6 Å². The van der Waals surface area contributed by atoms with Gasteiger partial charge in [-0.1, -0.05) is 38.7 Å². The molecule has 1 N–H and O–H groups in total. The molecule has 180 valence electrons. The lowest BCUT2D eigenvalue weighted by atomic mass is 9.68. The first-order chi connectivity index (χ1) is 16.4. The number of rotatable bonds is 4. The second-order valence-electron chi connectivity index (χ2n) is 9.73. The Morgan fingerprint density at radius 1 is 1.15 bits per heavy atom. The van der Waals surface area contributed by atoms with Gasteiger partial charge in [0.25, 0.3) is 5.56 Å². The number of nitrogens with one attached hydrogen (secondary N) is 1. The van der Waals surface area contributed by atoms with Crippen LogP contribution in [0.2, 0.25) is 0 Å². The zero-order valence-electron chi connectivity index (χ0n) is 19.8. The van der Waals surface area contributed by atoms with E-state index in [9.17, 15) is 19.2 Å². The zero-order valence-corrected chi connectivity index (χ0v) is 19.8. The van der Waals surface area contributed by atoms with E-state index in [-0.39, 0.29) is 18.5 Å². The molecule has 0 aromatic carbocycles. The van der Waals surface area contributed by atoms with Crippen LogP contribution < -0.4 is 15.8 Å². The maximum atomic E-state index is 14.0. The standard InChI is InChI=1S/C25H31N5O4/c1-3-4-7-13-30-23(33)25(22(32)27-24(30)34)15-17-20(28-12-8-5-6-11-18(25)28)26-19-16(2)10-9-14-29(19)21(17)31/h9-10,14,18H,3-8,11-13,15H2,1-2H3,(H,27,32,34). The van der Waals surface area contributed by atoms with Crippen molar-refractivity contribution in [1.29, 1.82) is 0 Å². The molecule has 9 nitrogen and oxygen atoms in total. The normalized spacial score (nSPS) is 24.8. The van der Waals surface area contributed by atoms with Gasteiger partial charge >= 0.3 is 6.03 Å². The number of anilines is 1. The van der Waals surface area contributed by atoms with E-state index in [1.807, 2.05) is 17.9 Å². The summed E-state index contributed by atoms with van der Waals surface area (Å²) in [5.41, 5.74) is 0.0544. The highest BCUT2D eigenvalue weighted by molar-refractivity contribution is 6.20. The molecule has 4 amide bonds. The van der Waals surface area contributed by atoms with Gasteiger partial charge < -0.3 is 4.90 Å². The zero-order chi connectivity index (χ0) is 24.0. The number of aromatic nitrogens is 2. The van der Waals surface area contributed by atoms with Crippen molar-refractivity contribution in [3.63, 3.8) is 0 Å². The highest BCUT2D eigenvalue weighted by Gasteiger charge is 2.62. The van der Waals surface area contributed by atoms with Crippen LogP contribution in [0.3, 0.4) is 0 Å². The van der Waals surface area contributed by atoms with Crippen LogP contribution >= 0.6 is 0 Å². The van der Waals surface area contributed by atoms with Crippen LogP contribution in [0.4, 0.5) is 10.6 Å². The van der Waals surface area contributed by atoms with E-state index in [2.05, 4.69) is 12.2 Å². The summed E-state index contributed by atoms with van der Waals surface area (Å²) in [7, 11) is 0. The number of fused-ring (bicyclic) bond motifs is 5. The maximum absolute atomic E-state index is 14.0. The first kappa shape index (κ1) is 22.6. The van der Waals surface area contributed by atoms with Crippen LogP contribution in [0.1, 0.15) is 63.0 Å². The average molecular weight is 466 g/mol. The third kappa shape index (κ3) is 3.24. The second-order valence-corrected chi connectivity index (χ2v) is 9.73. The van der Waals surface area contributed by atoms with Gasteiger partial charge in [-0.2, -0.15) is 0 Å². The molecule has 2 saturated heterocycles. The number of carbonyl (C=O) groups excluding carboxylic acids is 3. The Bertz CT molecular complexity index is 1240. The highest BCUT2D eigenvalue weighted by Crippen LogP contribution is 2.45. The number of hydrogen-bond donors (Lipinski definition) is 1. The molecule has 5 rings (SSSR count). The predicted octanol–water partition coefficient (Wildman–Crippen LogP) is 2.56. The largest absolute Gasteiger partial charge is 0.352 e. The third-order valence-electron chi connectivity index (χ3n) is 7.65. The van der Waals surface area contributed by atoms with Gasteiger partial charge in [-0.15, -0.1) is 0 Å². The van der Waals surface area contributed by atoms with E-state index < -0.39 is 29.3 Å². The van der Waals surface area contributed by atoms with Crippen LogP contribution in [0.25, 0.3) is 5.65 Å². The molecule has 3 aliphatic heterocycles. The van der Waals surface area contributed by atoms with Crippen molar-refractivity contribution in [3.8, 4) is 0 Å². The Balaban J connectivity index is 1.70. The number of urea groups is 1. The fraction of sp³-hybridized carbons (Fsp3) is 0.560. The summed E-state index contributed by atoms with van der Waals surface area (Å²) < 4.78 is 1.50. The molecule has 0 radical (unpaired) electrons. The lowest BCUT2D eigenvalue weighted by molar-refractivity contribution is -0.153. The van der Waals surface area contributed by atoms with Crippen LogP contribution in [0.15, 0.2) is 23.1 Å². The maximum Gasteiger partial charge on any atom is 0.330 e. The molecule has 9 heteroatoms. The molecule has 2 fully saturated rings. The van der Waals surface area contributed by atoms with Crippen LogP contribution in [-0.4, -0.2) is 51.3 Å². The van der Waals surface area contributed by atoms with Gasteiger partial charge in [0.15, 0.2) is 5.41 Å². The van der Waals surface area contributed by atoms with Gasteiger partial charge in [0.05, 0.1) is 11.6 Å². The molecule has 5 heterocycles. The molecule has 2 unspecified atom stereocenters. The van der Waals surface area contributed by atoms with Crippen LogP contribution in [0, 0.1) is 12.3 Å². The quantitative estimate of drug-likeness (QED) is 0.550. The lowest BCUT2D eigenvalue weighted by Gasteiger charge is -2.50. The van der Waals surface area contributed by atoms with Crippen molar-refractivity contribution in [2.75, 3.05) is 18.0 Å². The number of nitrogens with zero attached hydrogens (tertiary/aromatic N) is 4. The first-order valence-corrected chi connectivity index (χ1v) is 12.3. The van der Waals surface area contributed by atoms with E-state index in [4.69, 9.17) is 4.98 Å². The van der Waals surface area contributed by atoms with E-state index in [0.717, 1.165) is 37.7 Å². The van der Waals surface area contributed by atoms with Crippen molar-refractivity contribution in [3.05, 3.63) is 39.8 Å². The van der Waals surface area contributed by atoms with Gasteiger partial charge in [-0.05, 0) is 37.8 Å². The van der Waals surface area contributed by atoms with Gasteiger partial charge in [0, 0.05) is 25.7 Å². The fourth-order valence-corrected chi connectivity index (χ4v) is 5.87. The summed E-state index contributed by atoms with van der Waals surface area (Å²) in [6, 6.07) is 2.59. The highest BCUT2D eigenvalue weighted by atomic mass is 16.2. The van der Waals surface area contributed by atoms with E-state index in [0.29, 0.717) is 36.4 Å². The Morgan fingerprint density at radius 3 is 2.76 bits per heavy atom. The first-order valence-electron chi connectivity index (χ1n) is 12.3. The Morgan fingerprint density at radius 2 is 1.97 bits per heavy atom. The second kappa shape index (κ2) is 8.52. The molecule has 2 aromatic rings. The molecular formula is C25H31N5O4. The molecule has 2 atom stereocenters. The van der Waals surface area contributed by atoms with Crippen molar-refractivity contribution < 1.29 is 14.4 Å². The minimum absolute atomic E-state index is 0.0472. The predicted molar refractivity (Wildman–Crippen MR) is 127 cm³/mol. The number of carbonyl (C=O) groups is 3. The minimum atomic E-state index is -1.52. The lowest BCUT2D eigenvalue weighted by Crippen LogP contribution is -2.72. The van der Waals surface area contributed by atoms with Gasteiger partial charge in [-0.3, -0.25) is 29.0 Å². The summed E-state index contributed by atoms with van der Waals surface area (Å²) in [6.07, 6.45) is 7.49. The molecule has 34 heavy (non-hydrogen) atoms. The van der Waals surface area contributed by atoms with Gasteiger partial charge in [-0.25, -0.2) is 9.78 Å². The summed E-state index contributed by atoms with van der Waals surface area (Å²) >= 11 is 0. The van der Waals surface area contributed by atoms with Crippen molar-refractivity contribution >= 4 is 29.3 Å². The molecule has 1 spiro atoms. The number of amides is 4. The Kier molecular flexibility index (Phi) is 5.65. The molecular weight excluding hydrogens is 434 g/mol. The summed E-state index contributed by atoms with van der Waals surface area (Å²) in [4.78, 5) is 62.0. The Labute approximate surface area is 198 Å². The molecule has 3 aliphatic rings. The number of barbiturate groups is 1. The fourth-order valence-electron chi connectivity index (χ4n) is 5.87. The van der Waals surface area contributed by atoms with Crippen molar-refractivity contribution in [2.45, 2.75) is 71.3 Å². The smallest absolute Gasteiger partial charge is 0.330 e. The van der Waals surface area contributed by atoms with Crippen LogP contribution in [-0.2, 0) is 16.0 Å². The number of hydrogen-bond acceptors (Lipinski definition) is 6. The summed E-state index contributed by atoms with van der Waals surface area (Å²) in [5, 5.41) is 2.47. The number of aryl methyl sites for hydroxylation is 1. The monoisotopic (exact) mass is 465 g/mol. The van der Waals surface area contributed by atoms with Crippen LogP contribution in [0.5, 0.6) is 0 Å². The van der Waals surface area contributed by atoms with E-state index >= 15 is 0 Å².